The van der Waals surface area contributed by atoms with Crippen LogP contribution in [0, 0.1) is 6.92 Å². The number of amides is 1. The SMILES string of the molecule is Cc1cccc(C(=O)NC(=NC[C@@H]2CCCO2)Nc2ccccc2)c1. The molecule has 0 spiro atoms. The minimum absolute atomic E-state index is 0.128. The Hall–Kier alpha value is -2.66. The number of guanidine groups is 1. The summed E-state index contributed by atoms with van der Waals surface area (Å²) in [5.41, 5.74) is 2.53. The van der Waals surface area contributed by atoms with Gasteiger partial charge in [-0.05, 0) is 44.0 Å². The quantitative estimate of drug-likeness (QED) is 0.664. The molecule has 0 radical (unpaired) electrons. The Morgan fingerprint density at radius 3 is 2.76 bits per heavy atom. The highest BCUT2D eigenvalue weighted by Crippen LogP contribution is 2.12. The lowest BCUT2D eigenvalue weighted by molar-refractivity contribution is 0.0975. The first-order valence-corrected chi connectivity index (χ1v) is 8.57. The molecule has 2 N–H and O–H groups in total. The number of nitrogens with one attached hydrogen (secondary N) is 2. The van der Waals surface area contributed by atoms with Crippen LogP contribution in [0.5, 0.6) is 0 Å². The Morgan fingerprint density at radius 2 is 2.04 bits per heavy atom. The number of benzene rings is 2. The molecule has 5 nitrogen and oxygen atoms in total. The van der Waals surface area contributed by atoms with E-state index in [-0.39, 0.29) is 12.0 Å². The number of hydrogen-bond donors (Lipinski definition) is 2. The topological polar surface area (TPSA) is 62.7 Å². The Kier molecular flexibility index (Phi) is 5.80. The van der Waals surface area contributed by atoms with Crippen molar-refractivity contribution in [1.29, 1.82) is 0 Å². The lowest BCUT2D eigenvalue weighted by Crippen LogP contribution is -2.36. The van der Waals surface area contributed by atoms with Crippen molar-refractivity contribution in [2.24, 2.45) is 4.99 Å². The van der Waals surface area contributed by atoms with Gasteiger partial charge in [0, 0.05) is 17.9 Å². The third kappa shape index (κ3) is 5.16. The minimum Gasteiger partial charge on any atom is -0.376 e. The van der Waals surface area contributed by atoms with Crippen molar-refractivity contribution < 1.29 is 9.53 Å². The minimum atomic E-state index is -0.182. The third-order valence-electron chi connectivity index (χ3n) is 4.03. The molecule has 0 unspecified atom stereocenters. The zero-order chi connectivity index (χ0) is 17.5. The highest BCUT2D eigenvalue weighted by molar-refractivity contribution is 6.10. The first kappa shape index (κ1) is 17.2. The molecule has 2 aromatic rings. The van der Waals surface area contributed by atoms with Gasteiger partial charge in [-0.15, -0.1) is 0 Å². The van der Waals surface area contributed by atoms with E-state index in [0.29, 0.717) is 18.1 Å². The standard InChI is InChI=1S/C20H23N3O2/c1-15-7-5-8-16(13-15)19(24)23-20(21-14-18-11-6-12-25-18)22-17-9-3-2-4-10-17/h2-5,7-10,13,18H,6,11-12,14H2,1H3,(H2,21,22,23,24)/t18-/m0/s1. The molecule has 1 amide bonds. The molecular weight excluding hydrogens is 314 g/mol. The number of para-hydroxylation sites is 1. The lowest BCUT2D eigenvalue weighted by Gasteiger charge is -2.13. The van der Waals surface area contributed by atoms with Gasteiger partial charge >= 0.3 is 0 Å². The highest BCUT2D eigenvalue weighted by atomic mass is 16.5. The molecule has 1 fully saturated rings. The van der Waals surface area contributed by atoms with Crippen LogP contribution >= 0.6 is 0 Å². The van der Waals surface area contributed by atoms with Crippen molar-refractivity contribution in [1.82, 2.24) is 5.32 Å². The maximum atomic E-state index is 12.5. The predicted octanol–water partition coefficient (Wildman–Crippen LogP) is 3.37. The van der Waals surface area contributed by atoms with Gasteiger partial charge in [0.25, 0.3) is 5.91 Å². The summed E-state index contributed by atoms with van der Waals surface area (Å²) in [6, 6.07) is 17.2. The maximum absolute atomic E-state index is 12.5. The summed E-state index contributed by atoms with van der Waals surface area (Å²) in [5, 5.41) is 6.06. The monoisotopic (exact) mass is 337 g/mol. The van der Waals surface area contributed by atoms with Gasteiger partial charge in [-0.2, -0.15) is 0 Å². The number of ether oxygens (including phenoxy) is 1. The molecule has 0 saturated carbocycles. The average Bonchev–Trinajstić information content (AvgIpc) is 3.14. The van der Waals surface area contributed by atoms with Crippen molar-refractivity contribution in [3.05, 3.63) is 65.7 Å². The van der Waals surface area contributed by atoms with Crippen molar-refractivity contribution >= 4 is 17.6 Å². The first-order chi connectivity index (χ1) is 12.2. The average molecular weight is 337 g/mol. The number of carbonyl (C=O) groups excluding carboxylic acids is 1. The normalized spacial score (nSPS) is 17.3. The molecule has 0 aromatic heterocycles. The summed E-state index contributed by atoms with van der Waals surface area (Å²) < 4.78 is 5.61. The molecule has 1 atom stereocenters. The Morgan fingerprint density at radius 1 is 1.20 bits per heavy atom. The number of rotatable bonds is 4. The molecule has 1 heterocycles. The predicted molar refractivity (Wildman–Crippen MR) is 100.0 cm³/mol. The summed E-state index contributed by atoms with van der Waals surface area (Å²) in [4.78, 5) is 17.1. The zero-order valence-corrected chi connectivity index (χ0v) is 14.4. The molecule has 1 saturated heterocycles. The van der Waals surface area contributed by atoms with Gasteiger partial charge in [-0.1, -0.05) is 35.9 Å². The van der Waals surface area contributed by atoms with Gasteiger partial charge < -0.3 is 10.1 Å². The van der Waals surface area contributed by atoms with Crippen molar-refractivity contribution in [2.45, 2.75) is 25.9 Å². The molecule has 5 heteroatoms. The fourth-order valence-corrected chi connectivity index (χ4v) is 2.72. The van der Waals surface area contributed by atoms with E-state index in [4.69, 9.17) is 4.74 Å². The number of hydrogen-bond acceptors (Lipinski definition) is 3. The van der Waals surface area contributed by atoms with Crippen LogP contribution in [0.3, 0.4) is 0 Å². The van der Waals surface area contributed by atoms with E-state index in [1.807, 2.05) is 55.5 Å². The van der Waals surface area contributed by atoms with Crippen molar-refractivity contribution in [2.75, 3.05) is 18.5 Å². The molecule has 1 aliphatic rings. The largest absolute Gasteiger partial charge is 0.376 e. The van der Waals surface area contributed by atoms with Crippen LogP contribution in [0.25, 0.3) is 0 Å². The maximum Gasteiger partial charge on any atom is 0.257 e. The molecule has 0 aliphatic carbocycles. The summed E-state index contributed by atoms with van der Waals surface area (Å²) in [7, 11) is 0. The van der Waals surface area contributed by atoms with Gasteiger partial charge in [0.2, 0.25) is 5.96 Å². The number of aliphatic imine (C=N–C) groups is 1. The highest BCUT2D eigenvalue weighted by Gasteiger charge is 2.16. The van der Waals surface area contributed by atoms with E-state index in [0.717, 1.165) is 30.7 Å². The number of carbonyl (C=O) groups is 1. The summed E-state index contributed by atoms with van der Waals surface area (Å²) in [6.45, 7) is 3.28. The molecule has 0 bridgehead atoms. The molecule has 130 valence electrons. The van der Waals surface area contributed by atoms with Gasteiger partial charge in [0.05, 0.1) is 12.6 Å². The van der Waals surface area contributed by atoms with Crippen LogP contribution in [-0.4, -0.2) is 31.1 Å². The summed E-state index contributed by atoms with van der Waals surface area (Å²) >= 11 is 0. The third-order valence-corrected chi connectivity index (χ3v) is 4.03. The molecule has 1 aliphatic heterocycles. The van der Waals surface area contributed by atoms with E-state index in [1.165, 1.54) is 0 Å². The molecule has 25 heavy (non-hydrogen) atoms. The van der Waals surface area contributed by atoms with Gasteiger partial charge in [-0.3, -0.25) is 10.1 Å². The van der Waals surface area contributed by atoms with Crippen LogP contribution in [0.15, 0.2) is 59.6 Å². The van der Waals surface area contributed by atoms with E-state index in [2.05, 4.69) is 15.6 Å². The molecular formula is C20H23N3O2. The summed E-state index contributed by atoms with van der Waals surface area (Å²) in [5.74, 6) is 0.256. The fraction of sp³-hybridized carbons (Fsp3) is 0.300. The first-order valence-electron chi connectivity index (χ1n) is 8.57. The van der Waals surface area contributed by atoms with E-state index in [1.54, 1.807) is 6.07 Å². The van der Waals surface area contributed by atoms with Crippen LogP contribution in [0.2, 0.25) is 0 Å². The van der Waals surface area contributed by atoms with Crippen LogP contribution in [0.1, 0.15) is 28.8 Å². The second-order valence-corrected chi connectivity index (χ2v) is 6.14. The van der Waals surface area contributed by atoms with E-state index in [9.17, 15) is 4.79 Å². The number of aryl methyl sites for hydroxylation is 1. The second kappa shape index (κ2) is 8.44. The van der Waals surface area contributed by atoms with E-state index >= 15 is 0 Å². The summed E-state index contributed by atoms with van der Waals surface area (Å²) in [6.07, 6.45) is 2.20. The van der Waals surface area contributed by atoms with Crippen molar-refractivity contribution in [3.63, 3.8) is 0 Å². The number of anilines is 1. The lowest BCUT2D eigenvalue weighted by atomic mass is 10.1. The smallest absolute Gasteiger partial charge is 0.257 e. The Bertz CT molecular complexity index is 738. The van der Waals surface area contributed by atoms with E-state index < -0.39 is 0 Å². The van der Waals surface area contributed by atoms with Crippen LogP contribution in [0.4, 0.5) is 5.69 Å². The Labute approximate surface area is 148 Å². The van der Waals surface area contributed by atoms with Crippen LogP contribution < -0.4 is 10.6 Å². The van der Waals surface area contributed by atoms with Gasteiger partial charge in [-0.25, -0.2) is 4.99 Å². The zero-order valence-electron chi connectivity index (χ0n) is 14.4. The molecule has 2 aromatic carbocycles. The molecule has 3 rings (SSSR count). The second-order valence-electron chi connectivity index (χ2n) is 6.14. The van der Waals surface area contributed by atoms with Gasteiger partial charge in [0.15, 0.2) is 0 Å². The van der Waals surface area contributed by atoms with Gasteiger partial charge in [0.1, 0.15) is 0 Å². The van der Waals surface area contributed by atoms with Crippen molar-refractivity contribution in [3.8, 4) is 0 Å². The number of nitrogens with zero attached hydrogens (tertiary/aromatic N) is 1. The fourth-order valence-electron chi connectivity index (χ4n) is 2.72. The van der Waals surface area contributed by atoms with Crippen LogP contribution in [-0.2, 0) is 4.74 Å². The Balaban J connectivity index is 1.72.